The highest BCUT2D eigenvalue weighted by atomic mass is 19.1. The Labute approximate surface area is 148 Å². The van der Waals surface area contributed by atoms with E-state index in [1.807, 2.05) is 32.1 Å². The molecule has 134 valence electrons. The minimum atomic E-state index is -0.777. The summed E-state index contributed by atoms with van der Waals surface area (Å²) in [7, 11) is 7.32. The predicted octanol–water partition coefficient (Wildman–Crippen LogP) is 2.02. The number of anilines is 1. The van der Waals surface area contributed by atoms with Crippen LogP contribution in [0.2, 0.25) is 0 Å². The number of alkyl halides is 1. The van der Waals surface area contributed by atoms with E-state index in [-0.39, 0.29) is 5.54 Å². The van der Waals surface area contributed by atoms with Crippen molar-refractivity contribution in [1.82, 2.24) is 9.80 Å². The van der Waals surface area contributed by atoms with Crippen LogP contribution in [0.5, 0.6) is 5.75 Å². The van der Waals surface area contributed by atoms with Crippen molar-refractivity contribution < 1.29 is 9.13 Å². The fourth-order valence-electron chi connectivity index (χ4n) is 3.75. The second-order valence-corrected chi connectivity index (χ2v) is 7.09. The Morgan fingerprint density at radius 1 is 1.44 bits per heavy atom. The minimum absolute atomic E-state index is 0.139. The Kier molecular flexibility index (Phi) is 4.56. The molecule has 2 fully saturated rings. The van der Waals surface area contributed by atoms with Crippen molar-refractivity contribution in [2.75, 3.05) is 52.8 Å². The van der Waals surface area contributed by atoms with Crippen LogP contribution in [-0.2, 0) is 0 Å². The number of nitrogens with zero attached hydrogens (tertiary/aromatic N) is 5. The summed E-state index contributed by atoms with van der Waals surface area (Å²) in [6, 6.07) is 5.89. The molecule has 0 saturated carbocycles. The van der Waals surface area contributed by atoms with Gasteiger partial charge in [-0.25, -0.2) is 9.38 Å². The van der Waals surface area contributed by atoms with Crippen LogP contribution in [0.4, 0.5) is 15.8 Å². The Hall–Kier alpha value is -2.33. The van der Waals surface area contributed by atoms with Gasteiger partial charge in [0.2, 0.25) is 0 Å². The summed E-state index contributed by atoms with van der Waals surface area (Å²) in [4.78, 5) is 10.4. The van der Waals surface area contributed by atoms with Crippen molar-refractivity contribution in [2.24, 2.45) is 4.99 Å². The van der Waals surface area contributed by atoms with Crippen LogP contribution in [0.15, 0.2) is 17.1 Å². The van der Waals surface area contributed by atoms with Gasteiger partial charge in [-0.05, 0) is 19.2 Å². The van der Waals surface area contributed by atoms with E-state index in [1.165, 1.54) is 0 Å². The van der Waals surface area contributed by atoms with Crippen LogP contribution < -0.4 is 9.64 Å². The summed E-state index contributed by atoms with van der Waals surface area (Å²) in [5.74, 6) is 0.646. The monoisotopic (exact) mass is 345 g/mol. The van der Waals surface area contributed by atoms with Crippen molar-refractivity contribution >= 4 is 17.7 Å². The van der Waals surface area contributed by atoms with Gasteiger partial charge < -0.3 is 14.5 Å². The molecule has 3 rings (SSSR count). The average Bonchev–Trinajstić information content (AvgIpc) is 2.84. The number of halogens is 1. The number of rotatable bonds is 4. The molecule has 0 aliphatic carbocycles. The van der Waals surface area contributed by atoms with E-state index in [0.29, 0.717) is 43.1 Å². The van der Waals surface area contributed by atoms with E-state index in [0.717, 1.165) is 5.69 Å². The number of aliphatic imine (C=N–C) groups is 1. The van der Waals surface area contributed by atoms with Crippen LogP contribution in [0, 0.1) is 11.3 Å². The van der Waals surface area contributed by atoms with Crippen molar-refractivity contribution in [2.45, 2.75) is 18.1 Å². The second kappa shape index (κ2) is 6.52. The molecule has 7 heteroatoms. The molecule has 0 N–H and O–H groups in total. The van der Waals surface area contributed by atoms with Gasteiger partial charge in [-0.15, -0.1) is 0 Å². The maximum Gasteiger partial charge on any atom is 0.143 e. The largest absolute Gasteiger partial charge is 0.495 e. The summed E-state index contributed by atoms with van der Waals surface area (Å²) in [6.07, 6.45) is 1.44. The third-order valence-corrected chi connectivity index (χ3v) is 5.05. The molecular weight excluding hydrogens is 321 g/mol. The van der Waals surface area contributed by atoms with Crippen LogP contribution in [-0.4, -0.2) is 75.7 Å². The minimum Gasteiger partial charge on any atom is -0.495 e. The fraction of sp³-hybridized carbons (Fsp3) is 0.556. The lowest BCUT2D eigenvalue weighted by molar-refractivity contribution is 0.132. The zero-order valence-corrected chi connectivity index (χ0v) is 15.2. The molecule has 1 aromatic carbocycles. The number of hydrogen-bond acceptors (Lipinski definition) is 5. The highest BCUT2D eigenvalue weighted by Crippen LogP contribution is 2.45. The highest BCUT2D eigenvalue weighted by Gasteiger charge is 2.53. The number of ether oxygens (including phenoxy) is 1. The van der Waals surface area contributed by atoms with Gasteiger partial charge in [0.05, 0.1) is 30.4 Å². The quantitative estimate of drug-likeness (QED) is 0.617. The average molecular weight is 345 g/mol. The smallest absolute Gasteiger partial charge is 0.143 e. The summed E-state index contributed by atoms with van der Waals surface area (Å²) < 4.78 is 19.3. The molecule has 0 amide bonds. The van der Waals surface area contributed by atoms with Gasteiger partial charge in [0, 0.05) is 40.2 Å². The number of likely N-dealkylation sites (N-methyl/N-ethyl adjacent to an activating group) is 1. The molecule has 2 aliphatic rings. The van der Waals surface area contributed by atoms with Crippen LogP contribution in [0.3, 0.4) is 0 Å². The Bertz CT molecular complexity index is 721. The lowest BCUT2D eigenvalue weighted by Gasteiger charge is -2.53. The summed E-state index contributed by atoms with van der Waals surface area (Å²) >= 11 is 0. The van der Waals surface area contributed by atoms with Crippen molar-refractivity contribution in [3.63, 3.8) is 0 Å². The molecule has 0 bridgehead atoms. The Morgan fingerprint density at radius 2 is 2.16 bits per heavy atom. The first-order valence-electron chi connectivity index (χ1n) is 8.32. The van der Waals surface area contributed by atoms with Crippen LogP contribution in [0.25, 0.3) is 0 Å². The summed E-state index contributed by atoms with van der Waals surface area (Å²) in [5, 5.41) is 9.71. The molecule has 0 radical (unpaired) electrons. The molecular formula is C18H24FN5O. The third-order valence-electron chi connectivity index (χ3n) is 5.05. The lowest BCUT2D eigenvalue weighted by atomic mass is 9.85. The molecule has 2 aliphatic heterocycles. The maximum atomic E-state index is 13.8. The molecule has 0 aromatic heterocycles. The van der Waals surface area contributed by atoms with Crippen LogP contribution >= 0.6 is 0 Å². The van der Waals surface area contributed by atoms with E-state index < -0.39 is 6.17 Å². The van der Waals surface area contributed by atoms with Gasteiger partial charge >= 0.3 is 0 Å². The number of benzene rings is 1. The SMILES string of the molecule is COc1ccc(N=CN(C)C)c(C#N)c1N1CC2(CC(F)CN2C)C1. The highest BCUT2D eigenvalue weighted by molar-refractivity contribution is 5.79. The first kappa shape index (κ1) is 17.5. The maximum absolute atomic E-state index is 13.8. The third kappa shape index (κ3) is 3.02. The lowest BCUT2D eigenvalue weighted by Crippen LogP contribution is -2.67. The topological polar surface area (TPSA) is 55.1 Å². The Balaban J connectivity index is 1.93. The van der Waals surface area contributed by atoms with Gasteiger partial charge in [0.15, 0.2) is 0 Å². The van der Waals surface area contributed by atoms with E-state index in [1.54, 1.807) is 19.5 Å². The van der Waals surface area contributed by atoms with E-state index in [9.17, 15) is 9.65 Å². The number of nitriles is 1. The van der Waals surface area contributed by atoms with Gasteiger partial charge in [0.25, 0.3) is 0 Å². The summed E-state index contributed by atoms with van der Waals surface area (Å²) in [5.41, 5.74) is 1.71. The van der Waals surface area contributed by atoms with Crippen molar-refractivity contribution in [3.8, 4) is 11.8 Å². The molecule has 1 unspecified atom stereocenters. The zero-order chi connectivity index (χ0) is 18.2. The molecule has 1 atom stereocenters. The number of methoxy groups -OCH3 is 1. The molecule has 2 saturated heterocycles. The van der Waals surface area contributed by atoms with Crippen molar-refractivity contribution in [1.29, 1.82) is 5.26 Å². The Morgan fingerprint density at radius 3 is 2.68 bits per heavy atom. The molecule has 1 spiro atoms. The van der Waals surface area contributed by atoms with Gasteiger partial charge in [0.1, 0.15) is 23.6 Å². The van der Waals surface area contributed by atoms with E-state index >= 15 is 0 Å². The fourth-order valence-corrected chi connectivity index (χ4v) is 3.75. The summed E-state index contributed by atoms with van der Waals surface area (Å²) in [6.45, 7) is 1.86. The second-order valence-electron chi connectivity index (χ2n) is 7.09. The zero-order valence-electron chi connectivity index (χ0n) is 15.2. The normalized spacial score (nSPS) is 22.2. The molecule has 1 aromatic rings. The first-order chi connectivity index (χ1) is 11.9. The van der Waals surface area contributed by atoms with E-state index in [2.05, 4.69) is 20.9 Å². The molecule has 6 nitrogen and oxygen atoms in total. The first-order valence-corrected chi connectivity index (χ1v) is 8.32. The van der Waals surface area contributed by atoms with Gasteiger partial charge in [-0.3, -0.25) is 4.90 Å². The van der Waals surface area contributed by atoms with Gasteiger partial charge in [-0.2, -0.15) is 5.26 Å². The predicted molar refractivity (Wildman–Crippen MR) is 96.6 cm³/mol. The van der Waals surface area contributed by atoms with Gasteiger partial charge in [-0.1, -0.05) is 0 Å². The van der Waals surface area contributed by atoms with Crippen molar-refractivity contribution in [3.05, 3.63) is 17.7 Å². The van der Waals surface area contributed by atoms with E-state index in [4.69, 9.17) is 4.74 Å². The number of likely N-dealkylation sites (tertiary alicyclic amines) is 1. The standard InChI is InChI=1S/C18H24FN5O/c1-22(2)12-21-15-5-6-16(25-4)17(14(15)8-20)24-10-18(11-24)7-13(19)9-23(18)3/h5-6,12-13H,7,9-11H2,1-4H3. The molecule has 25 heavy (non-hydrogen) atoms. The molecule has 2 heterocycles. The van der Waals surface area contributed by atoms with Crippen LogP contribution in [0.1, 0.15) is 12.0 Å². The number of hydrogen-bond donors (Lipinski definition) is 0.